The summed E-state index contributed by atoms with van der Waals surface area (Å²) in [5, 5.41) is 3.00. The Morgan fingerprint density at radius 2 is 1.83 bits per heavy atom. The second-order valence-electron chi connectivity index (χ2n) is 4.71. The molecule has 0 fully saturated rings. The third kappa shape index (κ3) is 5.89. The lowest BCUT2D eigenvalue weighted by Crippen LogP contribution is -2.24. The number of alkyl halides is 3. The third-order valence-electron chi connectivity index (χ3n) is 2.85. The van der Waals surface area contributed by atoms with Crippen molar-refractivity contribution in [2.45, 2.75) is 17.6 Å². The largest absolute Gasteiger partial charge is 0.416 e. The second-order valence-corrected chi connectivity index (χ2v) is 6.54. The molecule has 0 saturated carbocycles. The van der Waals surface area contributed by atoms with Gasteiger partial charge in [-0.3, -0.25) is 4.79 Å². The maximum Gasteiger partial charge on any atom is 0.416 e. The Morgan fingerprint density at radius 3 is 2.46 bits per heavy atom. The van der Waals surface area contributed by atoms with Crippen molar-refractivity contribution >= 4 is 40.9 Å². The smallest absolute Gasteiger partial charge is 0.351 e. The van der Waals surface area contributed by atoms with E-state index in [1.165, 1.54) is 23.9 Å². The van der Waals surface area contributed by atoms with Gasteiger partial charge in [0.05, 0.1) is 11.3 Å². The Kier molecular flexibility index (Phi) is 6.37. The van der Waals surface area contributed by atoms with Gasteiger partial charge in [-0.15, -0.1) is 11.8 Å². The Balaban J connectivity index is 1.87. The molecule has 1 heterocycles. The highest BCUT2D eigenvalue weighted by Gasteiger charge is 2.30. The maximum atomic E-state index is 12.6. The molecule has 1 aromatic heterocycles. The number of halogens is 5. The van der Waals surface area contributed by atoms with Crippen LogP contribution in [0.2, 0.25) is 10.3 Å². The van der Waals surface area contributed by atoms with Crippen LogP contribution in [0.3, 0.4) is 0 Å². The van der Waals surface area contributed by atoms with Crippen LogP contribution < -0.4 is 5.32 Å². The molecule has 3 nitrogen and oxygen atoms in total. The molecule has 9 heteroatoms. The number of aromatic nitrogens is 1. The molecule has 0 unspecified atom stereocenters. The van der Waals surface area contributed by atoms with Crippen LogP contribution in [0.25, 0.3) is 0 Å². The van der Waals surface area contributed by atoms with Gasteiger partial charge in [0, 0.05) is 11.4 Å². The number of benzene rings is 1. The molecule has 0 spiro atoms. The minimum Gasteiger partial charge on any atom is -0.351 e. The molecule has 0 atom stereocenters. The highest BCUT2D eigenvalue weighted by Crippen LogP contribution is 2.29. The SMILES string of the molecule is O=C(CSc1cc(Cl)nc(Cl)c1)NCc1cccc(C(F)(F)F)c1. The van der Waals surface area contributed by atoms with Gasteiger partial charge in [0.2, 0.25) is 5.91 Å². The van der Waals surface area contributed by atoms with Crippen LogP contribution in [-0.2, 0) is 17.5 Å². The summed E-state index contributed by atoms with van der Waals surface area (Å²) in [7, 11) is 0. The summed E-state index contributed by atoms with van der Waals surface area (Å²) in [6, 6.07) is 7.95. The first-order chi connectivity index (χ1) is 11.2. The van der Waals surface area contributed by atoms with Gasteiger partial charge in [-0.25, -0.2) is 4.98 Å². The summed E-state index contributed by atoms with van der Waals surface area (Å²) >= 11 is 12.7. The lowest BCUT2D eigenvalue weighted by molar-refractivity contribution is -0.137. The predicted octanol–water partition coefficient (Wildman–Crippen LogP) is 4.82. The molecule has 0 saturated heterocycles. The molecule has 0 aliphatic carbocycles. The molecule has 1 amide bonds. The summed E-state index contributed by atoms with van der Waals surface area (Å²) in [5.41, 5.74) is -0.372. The predicted molar refractivity (Wildman–Crippen MR) is 88.3 cm³/mol. The zero-order valence-electron chi connectivity index (χ0n) is 12.0. The van der Waals surface area contributed by atoms with Crippen LogP contribution in [-0.4, -0.2) is 16.6 Å². The number of hydrogen-bond acceptors (Lipinski definition) is 3. The van der Waals surface area contributed by atoms with E-state index in [0.717, 1.165) is 12.1 Å². The number of nitrogens with zero attached hydrogens (tertiary/aromatic N) is 1. The van der Waals surface area contributed by atoms with E-state index >= 15 is 0 Å². The van der Waals surface area contributed by atoms with Crippen molar-refractivity contribution in [1.29, 1.82) is 0 Å². The molecule has 2 rings (SSSR count). The quantitative estimate of drug-likeness (QED) is 0.583. The van der Waals surface area contributed by atoms with Crippen LogP contribution in [0.1, 0.15) is 11.1 Å². The highest BCUT2D eigenvalue weighted by molar-refractivity contribution is 8.00. The number of thioether (sulfide) groups is 1. The average Bonchev–Trinajstić information content (AvgIpc) is 2.49. The Labute approximate surface area is 150 Å². The molecule has 1 N–H and O–H groups in total. The van der Waals surface area contributed by atoms with E-state index in [-0.39, 0.29) is 28.5 Å². The van der Waals surface area contributed by atoms with Crippen molar-refractivity contribution in [3.63, 3.8) is 0 Å². The zero-order chi connectivity index (χ0) is 17.7. The minimum absolute atomic E-state index is 0.0151. The average molecular weight is 395 g/mol. The summed E-state index contributed by atoms with van der Waals surface area (Å²) in [4.78, 5) is 16.3. The van der Waals surface area contributed by atoms with Crippen LogP contribution >= 0.6 is 35.0 Å². The topological polar surface area (TPSA) is 42.0 Å². The van der Waals surface area contributed by atoms with Crippen LogP contribution in [0, 0.1) is 0 Å². The van der Waals surface area contributed by atoms with E-state index in [2.05, 4.69) is 10.3 Å². The second kappa shape index (κ2) is 8.09. The van der Waals surface area contributed by atoms with E-state index in [4.69, 9.17) is 23.2 Å². The van der Waals surface area contributed by atoms with Crippen molar-refractivity contribution in [2.24, 2.45) is 0 Å². The van der Waals surface area contributed by atoms with Gasteiger partial charge in [0.15, 0.2) is 0 Å². The molecule has 2 aromatic rings. The third-order valence-corrected chi connectivity index (χ3v) is 4.21. The van der Waals surface area contributed by atoms with E-state index in [0.29, 0.717) is 10.5 Å². The summed E-state index contributed by atoms with van der Waals surface area (Å²) in [5.74, 6) is -0.239. The fourth-order valence-electron chi connectivity index (χ4n) is 1.78. The Hall–Kier alpha value is -1.44. The number of carbonyl (C=O) groups is 1. The van der Waals surface area contributed by atoms with Gasteiger partial charge in [-0.2, -0.15) is 13.2 Å². The van der Waals surface area contributed by atoms with E-state index < -0.39 is 11.7 Å². The minimum atomic E-state index is -4.41. The van der Waals surface area contributed by atoms with Crippen molar-refractivity contribution in [3.05, 3.63) is 57.8 Å². The summed E-state index contributed by atoms with van der Waals surface area (Å²) in [6.07, 6.45) is -4.41. The number of hydrogen-bond donors (Lipinski definition) is 1. The standard InChI is InChI=1S/C15H11Cl2F3N2OS/c16-12-5-11(6-13(17)22-12)24-8-14(23)21-7-9-2-1-3-10(4-9)15(18,19)20/h1-6H,7-8H2,(H,21,23). The van der Waals surface area contributed by atoms with E-state index in [1.54, 1.807) is 12.1 Å². The fourth-order valence-corrected chi connectivity index (χ4v) is 3.16. The van der Waals surface area contributed by atoms with Gasteiger partial charge >= 0.3 is 6.18 Å². The van der Waals surface area contributed by atoms with Crippen LogP contribution in [0.15, 0.2) is 41.3 Å². The Morgan fingerprint density at radius 1 is 1.17 bits per heavy atom. The van der Waals surface area contributed by atoms with Crippen molar-refractivity contribution < 1.29 is 18.0 Å². The molecule has 0 aliphatic heterocycles. The molecule has 128 valence electrons. The monoisotopic (exact) mass is 394 g/mol. The van der Waals surface area contributed by atoms with Crippen LogP contribution in [0.5, 0.6) is 0 Å². The molecular formula is C15H11Cl2F3N2OS. The zero-order valence-corrected chi connectivity index (χ0v) is 14.4. The van der Waals surface area contributed by atoms with Crippen LogP contribution in [0.4, 0.5) is 13.2 Å². The van der Waals surface area contributed by atoms with Gasteiger partial charge < -0.3 is 5.32 Å². The summed E-state index contributed by atoms with van der Waals surface area (Å²) in [6.45, 7) is 0.0151. The first-order valence-corrected chi connectivity index (χ1v) is 8.37. The molecule has 0 radical (unpaired) electrons. The highest BCUT2D eigenvalue weighted by atomic mass is 35.5. The lowest BCUT2D eigenvalue weighted by Gasteiger charge is -2.09. The van der Waals surface area contributed by atoms with Gasteiger partial charge in [-0.05, 0) is 29.8 Å². The van der Waals surface area contributed by atoms with Gasteiger partial charge in [0.1, 0.15) is 10.3 Å². The van der Waals surface area contributed by atoms with Gasteiger partial charge in [-0.1, -0.05) is 35.3 Å². The maximum absolute atomic E-state index is 12.6. The normalized spacial score (nSPS) is 11.4. The van der Waals surface area contributed by atoms with E-state index in [1.807, 2.05) is 0 Å². The number of carbonyl (C=O) groups excluding carboxylic acids is 1. The number of rotatable bonds is 5. The molecule has 1 aromatic carbocycles. The molecular weight excluding hydrogens is 384 g/mol. The van der Waals surface area contributed by atoms with Crippen molar-refractivity contribution in [2.75, 3.05) is 5.75 Å². The van der Waals surface area contributed by atoms with Crippen molar-refractivity contribution in [3.8, 4) is 0 Å². The van der Waals surface area contributed by atoms with Gasteiger partial charge in [0.25, 0.3) is 0 Å². The van der Waals surface area contributed by atoms with E-state index in [9.17, 15) is 18.0 Å². The first kappa shape index (κ1) is 18.9. The number of nitrogens with one attached hydrogen (secondary N) is 1. The molecule has 24 heavy (non-hydrogen) atoms. The first-order valence-electron chi connectivity index (χ1n) is 6.63. The number of pyridine rings is 1. The lowest BCUT2D eigenvalue weighted by atomic mass is 10.1. The fraction of sp³-hybridized carbons (Fsp3) is 0.200. The van der Waals surface area contributed by atoms with Crippen molar-refractivity contribution in [1.82, 2.24) is 10.3 Å². The molecule has 0 bridgehead atoms. The Bertz CT molecular complexity index is 721. The number of amides is 1. The summed E-state index contributed by atoms with van der Waals surface area (Å²) < 4.78 is 37.9. The molecule has 0 aliphatic rings.